The molecular weight excluding hydrogens is 390 g/mol. The van der Waals surface area contributed by atoms with Crippen LogP contribution < -0.4 is 20.7 Å². The fourth-order valence-corrected chi connectivity index (χ4v) is 3.70. The number of benzene rings is 2. The van der Waals surface area contributed by atoms with Crippen LogP contribution in [0.5, 0.6) is 5.75 Å². The number of methoxy groups -OCH3 is 1. The first-order chi connectivity index (χ1) is 13.9. The fourth-order valence-electron chi connectivity index (χ4n) is 2.66. The molecule has 1 aliphatic rings. The van der Waals surface area contributed by atoms with E-state index in [0.29, 0.717) is 22.2 Å². The molecule has 2 aromatic carbocycles. The van der Waals surface area contributed by atoms with E-state index in [-0.39, 0.29) is 24.1 Å². The van der Waals surface area contributed by atoms with E-state index >= 15 is 0 Å². The molecule has 1 aliphatic heterocycles. The molecule has 3 rings (SSSR count). The van der Waals surface area contributed by atoms with Gasteiger partial charge in [0, 0.05) is 29.9 Å². The van der Waals surface area contributed by atoms with Crippen LogP contribution in [-0.2, 0) is 14.4 Å². The molecule has 0 saturated carbocycles. The quantitative estimate of drug-likeness (QED) is 0.635. The highest BCUT2D eigenvalue weighted by Gasteiger charge is 2.31. The molecule has 29 heavy (non-hydrogen) atoms. The predicted octanol–water partition coefficient (Wildman–Crippen LogP) is 3.04. The van der Waals surface area contributed by atoms with Gasteiger partial charge in [0.1, 0.15) is 5.75 Å². The molecule has 1 saturated heterocycles. The normalized spacial score (nSPS) is 17.0. The van der Waals surface area contributed by atoms with Crippen LogP contribution in [0.15, 0.2) is 59.6 Å². The highest BCUT2D eigenvalue weighted by molar-refractivity contribution is 8.04. The molecule has 0 bridgehead atoms. The highest BCUT2D eigenvalue weighted by atomic mass is 32.2. The van der Waals surface area contributed by atoms with Crippen molar-refractivity contribution >= 4 is 40.9 Å². The molecule has 0 radical (unpaired) electrons. The maximum Gasteiger partial charge on any atom is 0.250 e. The summed E-state index contributed by atoms with van der Waals surface area (Å²) in [5.74, 6) is -0.319. The number of aryl methyl sites for hydroxylation is 1. The molecule has 3 N–H and O–H groups in total. The molecule has 1 fully saturated rings. The van der Waals surface area contributed by atoms with Crippen molar-refractivity contribution in [2.75, 3.05) is 17.7 Å². The number of ether oxygens (including phenoxy) is 1. The molecule has 7 nitrogen and oxygen atoms in total. The summed E-state index contributed by atoms with van der Waals surface area (Å²) in [6.45, 7) is 1.96. The van der Waals surface area contributed by atoms with Crippen LogP contribution in [0.1, 0.15) is 12.0 Å². The van der Waals surface area contributed by atoms with Crippen LogP contribution in [0.2, 0.25) is 0 Å². The van der Waals surface area contributed by atoms with Crippen LogP contribution in [0.3, 0.4) is 0 Å². The summed E-state index contributed by atoms with van der Waals surface area (Å²) in [4.78, 5) is 36.6. The summed E-state index contributed by atoms with van der Waals surface area (Å²) in [5, 5.41) is 7.94. The summed E-state index contributed by atoms with van der Waals surface area (Å²) in [6.07, 6.45) is 1.31. The molecule has 8 heteroatoms. The molecule has 0 aromatic heterocycles. The minimum absolute atomic E-state index is 0.00929. The minimum atomic E-state index is -0.598. The van der Waals surface area contributed by atoms with E-state index < -0.39 is 5.25 Å². The Labute approximate surface area is 172 Å². The number of thioether (sulfide) groups is 1. The Bertz CT molecular complexity index is 957. The van der Waals surface area contributed by atoms with E-state index in [9.17, 15) is 14.4 Å². The van der Waals surface area contributed by atoms with Gasteiger partial charge in [0.2, 0.25) is 11.8 Å². The number of amides is 3. The van der Waals surface area contributed by atoms with E-state index in [1.165, 1.54) is 6.08 Å². The first kappa shape index (κ1) is 20.5. The van der Waals surface area contributed by atoms with Gasteiger partial charge in [-0.15, -0.1) is 0 Å². The Morgan fingerprint density at radius 2 is 1.90 bits per heavy atom. The molecule has 1 heterocycles. The molecule has 1 atom stereocenters. The first-order valence-corrected chi connectivity index (χ1v) is 9.81. The number of rotatable bonds is 6. The maximum absolute atomic E-state index is 12.3. The van der Waals surface area contributed by atoms with Gasteiger partial charge in [-0.25, -0.2) is 0 Å². The topological polar surface area (TPSA) is 96.5 Å². The lowest BCUT2D eigenvalue weighted by molar-refractivity contribution is -0.122. The number of hydrogen-bond acceptors (Lipinski definition) is 5. The second-order valence-electron chi connectivity index (χ2n) is 6.44. The monoisotopic (exact) mass is 411 g/mol. The number of carbonyl (C=O) groups excluding carboxylic acids is 3. The van der Waals surface area contributed by atoms with Crippen molar-refractivity contribution in [1.82, 2.24) is 5.32 Å². The maximum atomic E-state index is 12.3. The lowest BCUT2D eigenvalue weighted by Gasteiger charge is -2.08. The van der Waals surface area contributed by atoms with Crippen LogP contribution >= 0.6 is 11.8 Å². The third-order valence-corrected chi connectivity index (χ3v) is 5.25. The van der Waals surface area contributed by atoms with Gasteiger partial charge in [-0.3, -0.25) is 14.4 Å². The Kier molecular flexibility index (Phi) is 6.56. The average Bonchev–Trinajstić information content (AvgIpc) is 3.02. The van der Waals surface area contributed by atoms with Crippen molar-refractivity contribution in [1.29, 1.82) is 0 Å². The fraction of sp³-hybridized carbons (Fsp3) is 0.190. The molecule has 2 aromatic rings. The van der Waals surface area contributed by atoms with Gasteiger partial charge >= 0.3 is 0 Å². The average molecular weight is 411 g/mol. The van der Waals surface area contributed by atoms with E-state index in [2.05, 4.69) is 16.0 Å². The lowest BCUT2D eigenvalue weighted by atomic mass is 10.2. The Morgan fingerprint density at radius 1 is 1.14 bits per heavy atom. The smallest absolute Gasteiger partial charge is 0.250 e. The predicted molar refractivity (Wildman–Crippen MR) is 114 cm³/mol. The molecule has 150 valence electrons. The summed E-state index contributed by atoms with van der Waals surface area (Å²) >= 11 is 1.16. The van der Waals surface area contributed by atoms with Crippen LogP contribution in [0, 0.1) is 6.92 Å². The van der Waals surface area contributed by atoms with Gasteiger partial charge in [0.25, 0.3) is 5.91 Å². The van der Waals surface area contributed by atoms with E-state index in [1.54, 1.807) is 43.5 Å². The summed E-state index contributed by atoms with van der Waals surface area (Å²) < 4.78 is 5.12. The van der Waals surface area contributed by atoms with Crippen LogP contribution in [-0.4, -0.2) is 30.1 Å². The second kappa shape index (κ2) is 9.29. The molecule has 3 amide bonds. The molecular formula is C21H21N3O4S. The van der Waals surface area contributed by atoms with Crippen molar-refractivity contribution in [3.05, 3.63) is 65.2 Å². The Balaban J connectivity index is 1.54. The number of nitrogens with one attached hydrogen (secondary N) is 3. The second-order valence-corrected chi connectivity index (χ2v) is 7.69. The Morgan fingerprint density at radius 3 is 2.62 bits per heavy atom. The number of hydrogen-bond donors (Lipinski definition) is 3. The molecule has 0 spiro atoms. The van der Waals surface area contributed by atoms with Gasteiger partial charge in [-0.1, -0.05) is 35.5 Å². The third-order valence-electron chi connectivity index (χ3n) is 4.11. The molecule has 0 aliphatic carbocycles. The van der Waals surface area contributed by atoms with Crippen molar-refractivity contribution in [2.45, 2.75) is 18.6 Å². The van der Waals surface area contributed by atoms with E-state index in [1.807, 2.05) is 19.1 Å². The van der Waals surface area contributed by atoms with Crippen molar-refractivity contribution < 1.29 is 19.1 Å². The minimum Gasteiger partial charge on any atom is -0.497 e. The zero-order chi connectivity index (χ0) is 20.8. The molecule has 0 unspecified atom stereocenters. The zero-order valence-corrected chi connectivity index (χ0v) is 16.8. The summed E-state index contributed by atoms with van der Waals surface area (Å²) in [5.41, 5.74) is 2.35. The van der Waals surface area contributed by atoms with Gasteiger partial charge in [-0.05, 0) is 31.2 Å². The van der Waals surface area contributed by atoms with E-state index in [0.717, 1.165) is 17.3 Å². The van der Waals surface area contributed by atoms with Gasteiger partial charge in [-0.2, -0.15) is 0 Å². The first-order valence-electron chi connectivity index (χ1n) is 8.94. The van der Waals surface area contributed by atoms with Gasteiger partial charge in [0.15, 0.2) is 0 Å². The lowest BCUT2D eigenvalue weighted by Crippen LogP contribution is -2.26. The van der Waals surface area contributed by atoms with Gasteiger partial charge < -0.3 is 20.7 Å². The highest BCUT2D eigenvalue weighted by Crippen LogP contribution is 2.29. The van der Waals surface area contributed by atoms with E-state index in [4.69, 9.17) is 4.74 Å². The summed E-state index contributed by atoms with van der Waals surface area (Å²) in [7, 11) is 1.54. The van der Waals surface area contributed by atoms with Crippen molar-refractivity contribution in [2.24, 2.45) is 0 Å². The summed E-state index contributed by atoms with van der Waals surface area (Å²) in [6, 6.07) is 14.4. The van der Waals surface area contributed by atoms with Crippen molar-refractivity contribution in [3.8, 4) is 5.75 Å². The standard InChI is InChI=1S/C21H21N3O4S/c1-13-6-8-14(9-7-13)22-19(26)12-20-24-21(27)17(29-20)11-18(25)23-15-4-3-5-16(10-15)28-2/h3-10,12,17H,11H2,1-2H3,(H,22,26)(H,23,25)(H,24,27)/b20-12-/t17-/m1/s1. The van der Waals surface area contributed by atoms with Gasteiger partial charge in [0.05, 0.1) is 17.4 Å². The number of anilines is 2. The third kappa shape index (κ3) is 5.86. The SMILES string of the molecule is COc1cccc(NC(=O)C[C@H]2S/C(=C\C(=O)Nc3ccc(C)cc3)NC2=O)c1. The Hall–Kier alpha value is -3.26. The van der Waals surface area contributed by atoms with Crippen molar-refractivity contribution in [3.63, 3.8) is 0 Å². The number of carbonyl (C=O) groups is 3. The largest absolute Gasteiger partial charge is 0.497 e. The zero-order valence-electron chi connectivity index (χ0n) is 16.0. The van der Waals surface area contributed by atoms with Crippen LogP contribution in [0.25, 0.3) is 0 Å². The van der Waals surface area contributed by atoms with Crippen LogP contribution in [0.4, 0.5) is 11.4 Å².